The fraction of sp³-hybridized carbons (Fsp3) is 0.304. The van der Waals surface area contributed by atoms with E-state index in [9.17, 15) is 9.59 Å². The van der Waals surface area contributed by atoms with Crippen molar-refractivity contribution in [1.82, 2.24) is 19.9 Å². The molecule has 7 nitrogen and oxygen atoms in total. The van der Waals surface area contributed by atoms with Crippen LogP contribution < -0.4 is 5.32 Å². The predicted octanol–water partition coefficient (Wildman–Crippen LogP) is 4.79. The third-order valence-corrected chi connectivity index (χ3v) is 6.28. The summed E-state index contributed by atoms with van der Waals surface area (Å²) < 4.78 is 0. The van der Waals surface area contributed by atoms with Gasteiger partial charge in [0.15, 0.2) is 0 Å². The van der Waals surface area contributed by atoms with Crippen molar-refractivity contribution in [2.45, 2.75) is 19.8 Å². The Morgan fingerprint density at radius 1 is 1.16 bits per heavy atom. The maximum Gasteiger partial charge on any atom is 0.254 e. The number of hydrogen-bond acceptors (Lipinski definition) is 4. The van der Waals surface area contributed by atoms with Gasteiger partial charge >= 0.3 is 0 Å². The molecule has 1 saturated carbocycles. The molecule has 5 rings (SSSR count). The lowest BCUT2D eigenvalue weighted by atomic mass is 9.89. The van der Waals surface area contributed by atoms with Crippen LogP contribution in [0.1, 0.15) is 35.7 Å². The molecule has 2 amide bonds. The minimum absolute atomic E-state index is 0.0199. The quantitative estimate of drug-likeness (QED) is 0.537. The van der Waals surface area contributed by atoms with Gasteiger partial charge in [0, 0.05) is 36.2 Å². The molecule has 1 aliphatic carbocycles. The average Bonchev–Trinajstić information content (AvgIpc) is 3.50. The molecule has 32 heavy (non-hydrogen) atoms. The van der Waals surface area contributed by atoms with Crippen molar-refractivity contribution in [3.8, 4) is 0 Å². The van der Waals surface area contributed by atoms with E-state index in [0.29, 0.717) is 24.5 Å². The number of carbonyl (C=O) groups excluding carboxylic acids is 2. The molecule has 0 radical (unpaired) electrons. The molecule has 3 aromatic heterocycles. The molecule has 0 spiro atoms. The average molecular weight is 470 g/mol. The summed E-state index contributed by atoms with van der Waals surface area (Å²) in [5.74, 6) is 0.596. The second-order valence-electron chi connectivity index (χ2n) is 8.33. The second-order valence-corrected chi connectivity index (χ2v) is 9.10. The maximum absolute atomic E-state index is 13.0. The van der Waals surface area contributed by atoms with E-state index >= 15 is 0 Å². The monoisotopic (exact) mass is 469 g/mol. The summed E-state index contributed by atoms with van der Waals surface area (Å²) in [5, 5.41) is 4.31. The molecule has 0 bridgehead atoms. The highest BCUT2D eigenvalue weighted by Crippen LogP contribution is 2.35. The number of anilines is 1. The summed E-state index contributed by atoms with van der Waals surface area (Å²) in [5.41, 5.74) is 3.27. The van der Waals surface area contributed by atoms with Crippen LogP contribution in [0.2, 0.25) is 10.3 Å². The van der Waals surface area contributed by atoms with Gasteiger partial charge in [-0.05, 0) is 54.2 Å². The minimum Gasteiger partial charge on any atom is -0.346 e. The van der Waals surface area contributed by atoms with Crippen molar-refractivity contribution in [1.29, 1.82) is 0 Å². The fourth-order valence-electron chi connectivity index (χ4n) is 4.14. The number of rotatable bonds is 4. The Bertz CT molecular complexity index is 1240. The molecule has 3 aromatic rings. The van der Waals surface area contributed by atoms with Crippen molar-refractivity contribution in [3.05, 3.63) is 58.0 Å². The molecule has 9 heteroatoms. The van der Waals surface area contributed by atoms with Gasteiger partial charge in [-0.2, -0.15) is 0 Å². The lowest BCUT2D eigenvalue weighted by Gasteiger charge is -2.32. The summed E-state index contributed by atoms with van der Waals surface area (Å²) in [6.45, 7) is 3.08. The van der Waals surface area contributed by atoms with Crippen LogP contribution >= 0.6 is 23.2 Å². The largest absolute Gasteiger partial charge is 0.346 e. The number of aromatic nitrogens is 3. The third kappa shape index (κ3) is 4.10. The van der Waals surface area contributed by atoms with Gasteiger partial charge < -0.3 is 15.2 Å². The highest BCUT2D eigenvalue weighted by molar-refractivity contribution is 6.33. The Morgan fingerprint density at radius 3 is 2.59 bits per heavy atom. The zero-order valence-corrected chi connectivity index (χ0v) is 18.9. The van der Waals surface area contributed by atoms with Gasteiger partial charge in [-0.1, -0.05) is 36.2 Å². The molecule has 2 N–H and O–H groups in total. The van der Waals surface area contributed by atoms with E-state index in [0.717, 1.165) is 35.0 Å². The van der Waals surface area contributed by atoms with E-state index in [1.165, 1.54) is 12.1 Å². The lowest BCUT2D eigenvalue weighted by Crippen LogP contribution is -2.38. The summed E-state index contributed by atoms with van der Waals surface area (Å²) >= 11 is 11.9. The van der Waals surface area contributed by atoms with Crippen LogP contribution in [0.15, 0.2) is 36.5 Å². The molecule has 4 heterocycles. The standard InChI is InChI=1S/C23H21Cl2N5O2/c1-12-11-30(23(32)14-8-18(24)27-19(25)9-14)7-5-15(12)17-10-20(29-22(31)13-2-3-13)28-21-16(17)4-6-26-21/h4-6,8-10,12-13H,2-3,7,11H2,1H3,(H2,26,28,29,31). The van der Waals surface area contributed by atoms with E-state index in [-0.39, 0.29) is 34.0 Å². The molecule has 1 aliphatic heterocycles. The minimum atomic E-state index is -0.141. The first-order valence-corrected chi connectivity index (χ1v) is 11.3. The van der Waals surface area contributed by atoms with Gasteiger partial charge in [-0.15, -0.1) is 0 Å². The van der Waals surface area contributed by atoms with E-state index in [1.807, 2.05) is 18.3 Å². The molecule has 164 valence electrons. The van der Waals surface area contributed by atoms with Gasteiger partial charge in [0.1, 0.15) is 21.8 Å². The van der Waals surface area contributed by atoms with Gasteiger partial charge in [-0.3, -0.25) is 9.59 Å². The number of halogens is 2. The van der Waals surface area contributed by atoms with Crippen LogP contribution in [-0.4, -0.2) is 44.8 Å². The van der Waals surface area contributed by atoms with Crippen LogP contribution in [0.3, 0.4) is 0 Å². The molecule has 0 aromatic carbocycles. The third-order valence-electron chi connectivity index (χ3n) is 5.89. The van der Waals surface area contributed by atoms with Crippen LogP contribution in [0.4, 0.5) is 5.82 Å². The van der Waals surface area contributed by atoms with E-state index in [1.54, 1.807) is 4.90 Å². The molecule has 1 fully saturated rings. The number of nitrogens with one attached hydrogen (secondary N) is 2. The van der Waals surface area contributed by atoms with Crippen LogP contribution in [0.5, 0.6) is 0 Å². The maximum atomic E-state index is 13.0. The van der Waals surface area contributed by atoms with Gasteiger partial charge in [-0.25, -0.2) is 9.97 Å². The number of pyridine rings is 2. The van der Waals surface area contributed by atoms with E-state index in [2.05, 4.69) is 33.3 Å². The molecular weight excluding hydrogens is 449 g/mol. The number of fused-ring (bicyclic) bond motifs is 1. The second kappa shape index (κ2) is 8.22. The number of hydrogen-bond donors (Lipinski definition) is 2. The zero-order chi connectivity index (χ0) is 22.4. The molecule has 1 unspecified atom stereocenters. The van der Waals surface area contributed by atoms with E-state index in [4.69, 9.17) is 23.2 Å². The Labute approximate surface area is 194 Å². The predicted molar refractivity (Wildman–Crippen MR) is 125 cm³/mol. The summed E-state index contributed by atoms with van der Waals surface area (Å²) in [7, 11) is 0. The summed E-state index contributed by atoms with van der Waals surface area (Å²) in [6.07, 6.45) is 5.77. The fourth-order valence-corrected chi connectivity index (χ4v) is 4.60. The Morgan fingerprint density at radius 2 is 1.91 bits per heavy atom. The molecule has 2 aliphatic rings. The Hall–Kier alpha value is -2.90. The molecule has 1 atom stereocenters. The zero-order valence-electron chi connectivity index (χ0n) is 17.4. The smallest absolute Gasteiger partial charge is 0.254 e. The van der Waals surface area contributed by atoms with Crippen molar-refractivity contribution in [2.24, 2.45) is 11.8 Å². The molecule has 0 saturated heterocycles. The normalized spacial score (nSPS) is 18.5. The number of carbonyl (C=O) groups is 2. The number of nitrogens with zero attached hydrogens (tertiary/aromatic N) is 3. The van der Waals surface area contributed by atoms with Gasteiger partial charge in [0.05, 0.1) is 0 Å². The summed E-state index contributed by atoms with van der Waals surface area (Å²) in [6, 6.07) is 6.97. The topological polar surface area (TPSA) is 91.0 Å². The van der Waals surface area contributed by atoms with Gasteiger partial charge in [0.2, 0.25) is 5.91 Å². The Balaban J connectivity index is 1.44. The SMILES string of the molecule is CC1CN(C(=O)c2cc(Cl)nc(Cl)c2)CC=C1c1cc(NC(=O)C2CC2)nc2[nH]ccc12. The van der Waals surface area contributed by atoms with Crippen molar-refractivity contribution in [3.63, 3.8) is 0 Å². The Kier molecular flexibility index (Phi) is 5.39. The first-order chi connectivity index (χ1) is 15.4. The first-order valence-electron chi connectivity index (χ1n) is 10.5. The van der Waals surface area contributed by atoms with Gasteiger partial charge in [0.25, 0.3) is 5.91 Å². The number of amides is 2. The van der Waals surface area contributed by atoms with E-state index < -0.39 is 0 Å². The van der Waals surface area contributed by atoms with Crippen molar-refractivity contribution >= 4 is 57.4 Å². The van der Waals surface area contributed by atoms with Crippen molar-refractivity contribution in [2.75, 3.05) is 18.4 Å². The van der Waals surface area contributed by atoms with Crippen LogP contribution in [-0.2, 0) is 4.79 Å². The van der Waals surface area contributed by atoms with Crippen LogP contribution in [0.25, 0.3) is 16.6 Å². The van der Waals surface area contributed by atoms with Crippen molar-refractivity contribution < 1.29 is 9.59 Å². The number of aromatic amines is 1. The molecular formula is C23H21Cl2N5O2. The lowest BCUT2D eigenvalue weighted by molar-refractivity contribution is -0.117. The highest BCUT2D eigenvalue weighted by Gasteiger charge is 2.30. The van der Waals surface area contributed by atoms with Crippen LogP contribution in [0, 0.1) is 11.8 Å². The summed E-state index contributed by atoms with van der Waals surface area (Å²) in [4.78, 5) is 38.6. The first kappa shape index (κ1) is 21.0. The number of H-pyrrole nitrogens is 1. The highest BCUT2D eigenvalue weighted by atomic mass is 35.5.